The van der Waals surface area contributed by atoms with Crippen molar-refractivity contribution in [1.82, 2.24) is 0 Å². The number of hydrogen-bond acceptors (Lipinski definition) is 3. The Morgan fingerprint density at radius 1 is 1.00 bits per heavy atom. The summed E-state index contributed by atoms with van der Waals surface area (Å²) in [5.41, 5.74) is 4.28. The van der Waals surface area contributed by atoms with Gasteiger partial charge in [-0.1, -0.05) is 25.1 Å². The minimum Gasteiger partial charge on any atom is -0.326 e. The highest BCUT2D eigenvalue weighted by molar-refractivity contribution is 6.04. The Bertz CT molecular complexity index is 980. The van der Waals surface area contributed by atoms with Crippen LogP contribution in [-0.4, -0.2) is 24.3 Å². The Kier molecular flexibility index (Phi) is 5.57. The molecule has 30 heavy (non-hydrogen) atoms. The van der Waals surface area contributed by atoms with Gasteiger partial charge >= 0.3 is 0 Å². The van der Waals surface area contributed by atoms with Crippen LogP contribution < -0.4 is 15.5 Å². The van der Waals surface area contributed by atoms with Gasteiger partial charge in [0.1, 0.15) is 0 Å². The van der Waals surface area contributed by atoms with E-state index in [1.165, 1.54) is 5.56 Å². The van der Waals surface area contributed by atoms with E-state index >= 15 is 0 Å². The lowest BCUT2D eigenvalue weighted by Crippen LogP contribution is -2.28. The summed E-state index contributed by atoms with van der Waals surface area (Å²) in [6.07, 6.45) is 3.01. The summed E-state index contributed by atoms with van der Waals surface area (Å²) < 4.78 is 0. The normalized spacial score (nSPS) is 18.4. The van der Waals surface area contributed by atoms with Crippen molar-refractivity contribution in [1.29, 1.82) is 0 Å². The fourth-order valence-electron chi connectivity index (χ4n) is 3.70. The molecule has 6 heteroatoms. The summed E-state index contributed by atoms with van der Waals surface area (Å²) in [5.74, 6) is -0.479. The van der Waals surface area contributed by atoms with Gasteiger partial charge in [0.2, 0.25) is 17.7 Å². The molecule has 156 valence electrons. The van der Waals surface area contributed by atoms with Crippen molar-refractivity contribution < 1.29 is 14.4 Å². The second-order valence-electron chi connectivity index (χ2n) is 8.21. The summed E-state index contributed by atoms with van der Waals surface area (Å²) in [5, 5.41) is 5.86. The highest BCUT2D eigenvalue weighted by atomic mass is 16.2. The molecule has 0 bridgehead atoms. The average Bonchev–Trinajstić information content (AvgIpc) is 3.52. The largest absolute Gasteiger partial charge is 0.326 e. The molecule has 1 unspecified atom stereocenters. The van der Waals surface area contributed by atoms with Gasteiger partial charge in [0, 0.05) is 35.9 Å². The first-order chi connectivity index (χ1) is 14.4. The first kappa shape index (κ1) is 20.1. The molecule has 3 amide bonds. The maximum absolute atomic E-state index is 12.9. The molecule has 2 aromatic carbocycles. The van der Waals surface area contributed by atoms with Crippen molar-refractivity contribution in [3.8, 4) is 0 Å². The lowest BCUT2D eigenvalue weighted by Gasteiger charge is -2.17. The standard InChI is InChI=1S/C24H27N3O3/c1-3-16-5-10-20(11-6-16)27-14-18(12-22(27)28)24(30)26-21-13-19(9-4-15(21)2)25-23(29)17-7-8-17/h4-6,9-11,13,17-18H,3,7-8,12,14H2,1-2H3,(H,25,29)(H,26,30). The number of nitrogens with one attached hydrogen (secondary N) is 2. The van der Waals surface area contributed by atoms with Crippen molar-refractivity contribution in [3.63, 3.8) is 0 Å². The smallest absolute Gasteiger partial charge is 0.229 e. The van der Waals surface area contributed by atoms with E-state index < -0.39 is 5.92 Å². The third-order valence-electron chi connectivity index (χ3n) is 5.86. The predicted octanol–water partition coefficient (Wildman–Crippen LogP) is 3.90. The number of hydrogen-bond donors (Lipinski definition) is 2. The monoisotopic (exact) mass is 405 g/mol. The summed E-state index contributed by atoms with van der Waals surface area (Å²) >= 11 is 0. The zero-order valence-corrected chi connectivity index (χ0v) is 17.4. The molecule has 1 heterocycles. The Labute approximate surface area is 176 Å². The van der Waals surface area contributed by atoms with Gasteiger partial charge < -0.3 is 15.5 Å². The van der Waals surface area contributed by atoms with Gasteiger partial charge in [0.25, 0.3) is 0 Å². The third kappa shape index (κ3) is 4.37. The van der Waals surface area contributed by atoms with Crippen LogP contribution in [0.4, 0.5) is 17.1 Å². The summed E-state index contributed by atoms with van der Waals surface area (Å²) in [6, 6.07) is 13.4. The zero-order valence-electron chi connectivity index (χ0n) is 17.4. The van der Waals surface area contributed by atoms with Crippen LogP contribution in [0.2, 0.25) is 0 Å². The van der Waals surface area contributed by atoms with Crippen LogP contribution in [-0.2, 0) is 20.8 Å². The molecule has 2 fully saturated rings. The van der Waals surface area contributed by atoms with E-state index in [4.69, 9.17) is 0 Å². The van der Waals surface area contributed by atoms with Crippen LogP contribution in [0.15, 0.2) is 42.5 Å². The summed E-state index contributed by atoms with van der Waals surface area (Å²) in [6.45, 7) is 4.36. The molecule has 1 atom stereocenters. The molecule has 0 spiro atoms. The maximum atomic E-state index is 12.9. The first-order valence-electron chi connectivity index (χ1n) is 10.6. The quantitative estimate of drug-likeness (QED) is 0.765. The molecular weight excluding hydrogens is 378 g/mol. The van der Waals surface area contributed by atoms with Gasteiger partial charge in [0.05, 0.1) is 5.92 Å². The minimum atomic E-state index is -0.410. The second kappa shape index (κ2) is 8.30. The second-order valence-corrected chi connectivity index (χ2v) is 8.21. The van der Waals surface area contributed by atoms with Crippen LogP contribution in [0.3, 0.4) is 0 Å². The Morgan fingerprint density at radius 3 is 2.37 bits per heavy atom. The summed E-state index contributed by atoms with van der Waals surface area (Å²) in [7, 11) is 0. The summed E-state index contributed by atoms with van der Waals surface area (Å²) in [4.78, 5) is 39.1. The number of nitrogens with zero attached hydrogens (tertiary/aromatic N) is 1. The van der Waals surface area contributed by atoms with Gasteiger partial charge in [-0.2, -0.15) is 0 Å². The number of anilines is 3. The lowest BCUT2D eigenvalue weighted by atomic mass is 10.1. The van der Waals surface area contributed by atoms with Crippen molar-refractivity contribution in [3.05, 3.63) is 53.6 Å². The van der Waals surface area contributed by atoms with Gasteiger partial charge in [-0.25, -0.2) is 0 Å². The van der Waals surface area contributed by atoms with Crippen LogP contribution in [0.1, 0.15) is 37.3 Å². The molecule has 1 saturated carbocycles. The first-order valence-corrected chi connectivity index (χ1v) is 10.6. The third-order valence-corrected chi connectivity index (χ3v) is 5.86. The van der Waals surface area contributed by atoms with E-state index in [0.29, 0.717) is 17.9 Å². The zero-order chi connectivity index (χ0) is 21.3. The Morgan fingerprint density at radius 2 is 1.70 bits per heavy atom. The molecule has 0 aromatic heterocycles. The van der Waals surface area contributed by atoms with Crippen molar-refractivity contribution in [2.75, 3.05) is 22.1 Å². The highest BCUT2D eigenvalue weighted by Gasteiger charge is 2.35. The fourth-order valence-corrected chi connectivity index (χ4v) is 3.70. The Balaban J connectivity index is 1.42. The SMILES string of the molecule is CCc1ccc(N2CC(C(=O)Nc3cc(NC(=O)C4CC4)ccc3C)CC2=O)cc1. The number of rotatable bonds is 6. The van der Waals surface area contributed by atoms with E-state index in [1.807, 2.05) is 43.3 Å². The van der Waals surface area contributed by atoms with Gasteiger partial charge in [-0.05, 0) is 61.6 Å². The topological polar surface area (TPSA) is 78.5 Å². The van der Waals surface area contributed by atoms with E-state index in [0.717, 1.165) is 30.5 Å². The van der Waals surface area contributed by atoms with E-state index in [-0.39, 0.29) is 30.1 Å². The molecule has 1 aliphatic heterocycles. The van der Waals surface area contributed by atoms with E-state index in [9.17, 15) is 14.4 Å². The molecule has 2 aromatic rings. The molecule has 6 nitrogen and oxygen atoms in total. The molecule has 0 radical (unpaired) electrons. The molecule has 4 rings (SSSR count). The van der Waals surface area contributed by atoms with Crippen LogP contribution >= 0.6 is 0 Å². The van der Waals surface area contributed by atoms with Crippen LogP contribution in [0.5, 0.6) is 0 Å². The van der Waals surface area contributed by atoms with Gasteiger partial charge in [-0.15, -0.1) is 0 Å². The average molecular weight is 405 g/mol. The van der Waals surface area contributed by atoms with Crippen molar-refractivity contribution >= 4 is 34.8 Å². The van der Waals surface area contributed by atoms with E-state index in [1.54, 1.807) is 11.0 Å². The van der Waals surface area contributed by atoms with Gasteiger partial charge in [0.15, 0.2) is 0 Å². The minimum absolute atomic E-state index is 0.0299. The predicted molar refractivity (Wildman–Crippen MR) is 117 cm³/mol. The Hall–Kier alpha value is -3.15. The molecule has 2 aliphatic rings. The highest BCUT2D eigenvalue weighted by Crippen LogP contribution is 2.31. The molecule has 1 saturated heterocycles. The van der Waals surface area contributed by atoms with Crippen LogP contribution in [0.25, 0.3) is 0 Å². The number of carbonyl (C=O) groups excluding carboxylic acids is 3. The number of benzene rings is 2. The number of carbonyl (C=O) groups is 3. The lowest BCUT2D eigenvalue weighted by molar-refractivity contribution is -0.122. The number of aryl methyl sites for hydroxylation is 2. The van der Waals surface area contributed by atoms with Crippen molar-refractivity contribution in [2.45, 2.75) is 39.5 Å². The molecule has 2 N–H and O–H groups in total. The number of amides is 3. The fraction of sp³-hybridized carbons (Fsp3) is 0.375. The van der Waals surface area contributed by atoms with Gasteiger partial charge in [-0.3, -0.25) is 14.4 Å². The maximum Gasteiger partial charge on any atom is 0.229 e. The van der Waals surface area contributed by atoms with E-state index in [2.05, 4.69) is 17.6 Å². The van der Waals surface area contributed by atoms with Crippen LogP contribution in [0, 0.1) is 18.8 Å². The molecular formula is C24H27N3O3. The van der Waals surface area contributed by atoms with Crippen molar-refractivity contribution in [2.24, 2.45) is 11.8 Å². The molecule has 1 aliphatic carbocycles.